The van der Waals surface area contributed by atoms with Gasteiger partial charge in [0.2, 0.25) is 0 Å². The normalized spacial score (nSPS) is 12.9. The SMILES string of the molecule is COc1ccccc1[C@H](Cc1cn(C(C)(C)C(=O)O)c(=O)c2nc(-c3ncco3)sc12)OC(C)C. The van der Waals surface area contributed by atoms with Crippen LogP contribution in [0.4, 0.5) is 0 Å². The van der Waals surface area contributed by atoms with Crippen LogP contribution in [-0.2, 0) is 21.5 Å². The van der Waals surface area contributed by atoms with E-state index in [1.54, 1.807) is 13.3 Å². The summed E-state index contributed by atoms with van der Waals surface area (Å²) in [6.45, 7) is 6.85. The smallest absolute Gasteiger partial charge is 0.329 e. The van der Waals surface area contributed by atoms with E-state index < -0.39 is 23.2 Å². The van der Waals surface area contributed by atoms with Crippen LogP contribution in [0.25, 0.3) is 21.1 Å². The molecule has 3 heterocycles. The number of carbonyl (C=O) groups is 1. The van der Waals surface area contributed by atoms with E-state index in [4.69, 9.17) is 13.9 Å². The monoisotopic (exact) mass is 497 g/mol. The van der Waals surface area contributed by atoms with E-state index >= 15 is 0 Å². The molecule has 0 saturated heterocycles. The van der Waals surface area contributed by atoms with Crippen LogP contribution >= 0.6 is 11.3 Å². The second-order valence-electron chi connectivity index (χ2n) is 8.85. The lowest BCUT2D eigenvalue weighted by atomic mass is 9.99. The van der Waals surface area contributed by atoms with Gasteiger partial charge in [-0.1, -0.05) is 18.2 Å². The summed E-state index contributed by atoms with van der Waals surface area (Å²) in [5.74, 6) is -0.161. The minimum absolute atomic E-state index is 0.0916. The van der Waals surface area contributed by atoms with Gasteiger partial charge in [0.25, 0.3) is 11.4 Å². The summed E-state index contributed by atoms with van der Waals surface area (Å²) < 4.78 is 19.1. The largest absolute Gasteiger partial charge is 0.496 e. The van der Waals surface area contributed by atoms with Gasteiger partial charge in [0, 0.05) is 18.2 Å². The van der Waals surface area contributed by atoms with Gasteiger partial charge >= 0.3 is 5.97 Å². The summed E-state index contributed by atoms with van der Waals surface area (Å²) >= 11 is 1.27. The van der Waals surface area contributed by atoms with Crippen LogP contribution in [0.2, 0.25) is 0 Å². The van der Waals surface area contributed by atoms with Crippen molar-refractivity contribution < 1.29 is 23.8 Å². The fourth-order valence-corrected chi connectivity index (χ4v) is 4.86. The van der Waals surface area contributed by atoms with Crippen molar-refractivity contribution in [2.24, 2.45) is 0 Å². The zero-order chi connectivity index (χ0) is 25.3. The second kappa shape index (κ2) is 9.63. The molecule has 0 bridgehead atoms. The zero-order valence-corrected chi connectivity index (χ0v) is 21.0. The third kappa shape index (κ3) is 4.71. The highest BCUT2D eigenvalue weighted by atomic mass is 32.1. The fourth-order valence-electron chi connectivity index (χ4n) is 3.85. The number of para-hydroxylation sites is 1. The van der Waals surface area contributed by atoms with Crippen LogP contribution in [0.3, 0.4) is 0 Å². The van der Waals surface area contributed by atoms with Gasteiger partial charge in [0.15, 0.2) is 5.01 Å². The molecule has 10 heteroatoms. The standard InChI is InChI=1S/C25H27N3O6S/c1-14(2)34-18(16-8-6-7-9-17(16)32-5)12-15-13-28(25(3,4)24(30)31)23(29)19-20(15)35-22(27-19)21-26-10-11-33-21/h6-11,13-14,18H,12H2,1-5H3,(H,30,31)/t18-/m0/s1. The number of carboxylic acids is 1. The summed E-state index contributed by atoms with van der Waals surface area (Å²) in [5, 5.41) is 10.3. The van der Waals surface area contributed by atoms with Crippen LogP contribution in [-0.4, -0.2) is 38.8 Å². The number of oxazole rings is 1. The lowest BCUT2D eigenvalue weighted by Gasteiger charge is -2.26. The molecule has 35 heavy (non-hydrogen) atoms. The molecular formula is C25H27N3O6S. The molecule has 1 N–H and O–H groups in total. The molecule has 0 radical (unpaired) electrons. The number of benzene rings is 1. The second-order valence-corrected chi connectivity index (χ2v) is 9.85. The van der Waals surface area contributed by atoms with Gasteiger partial charge in [0.05, 0.1) is 30.2 Å². The average Bonchev–Trinajstić information content (AvgIpc) is 3.50. The first kappa shape index (κ1) is 24.6. The maximum atomic E-state index is 13.4. The number of ether oxygens (including phenoxy) is 2. The van der Waals surface area contributed by atoms with E-state index in [-0.39, 0.29) is 11.6 Å². The van der Waals surface area contributed by atoms with Gasteiger partial charge in [-0.25, -0.2) is 14.8 Å². The van der Waals surface area contributed by atoms with E-state index in [0.717, 1.165) is 11.1 Å². The number of methoxy groups -OCH3 is 1. The number of aliphatic carboxylic acids is 1. The van der Waals surface area contributed by atoms with Crippen LogP contribution in [0, 0.1) is 0 Å². The quantitative estimate of drug-likeness (QED) is 0.355. The number of fused-ring (bicyclic) bond motifs is 1. The summed E-state index contributed by atoms with van der Waals surface area (Å²) in [4.78, 5) is 34.1. The molecule has 184 valence electrons. The first-order valence-corrected chi connectivity index (χ1v) is 11.9. The Hall–Kier alpha value is -3.50. The van der Waals surface area contributed by atoms with E-state index in [1.165, 1.54) is 42.2 Å². The molecule has 3 aromatic heterocycles. The first-order chi connectivity index (χ1) is 16.6. The number of aromatic nitrogens is 3. The first-order valence-electron chi connectivity index (χ1n) is 11.1. The predicted molar refractivity (Wildman–Crippen MR) is 132 cm³/mol. The molecule has 1 aromatic carbocycles. The molecule has 0 aliphatic heterocycles. The van der Waals surface area contributed by atoms with Crippen LogP contribution in [0.15, 0.2) is 52.1 Å². The highest BCUT2D eigenvalue weighted by Crippen LogP contribution is 2.36. The number of pyridine rings is 1. The minimum atomic E-state index is -1.49. The Bertz CT molecular complexity index is 1400. The number of carboxylic acid groups (broad SMARTS) is 1. The molecule has 0 aliphatic carbocycles. The van der Waals surface area contributed by atoms with Crippen molar-refractivity contribution in [3.63, 3.8) is 0 Å². The molecule has 0 saturated carbocycles. The lowest BCUT2D eigenvalue weighted by molar-refractivity contribution is -0.145. The molecular weight excluding hydrogens is 470 g/mol. The summed E-state index contributed by atoms with van der Waals surface area (Å²) in [5.41, 5.74) is -0.251. The molecule has 0 fully saturated rings. The summed E-state index contributed by atoms with van der Waals surface area (Å²) in [6, 6.07) is 7.59. The number of hydrogen-bond acceptors (Lipinski definition) is 8. The maximum absolute atomic E-state index is 13.4. The van der Waals surface area contributed by atoms with Crippen LogP contribution in [0.5, 0.6) is 5.75 Å². The molecule has 4 aromatic rings. The number of thiazole rings is 1. The van der Waals surface area contributed by atoms with Gasteiger partial charge in [0.1, 0.15) is 23.1 Å². The third-order valence-electron chi connectivity index (χ3n) is 5.69. The fraction of sp³-hybridized carbons (Fsp3) is 0.360. The van der Waals surface area contributed by atoms with Gasteiger partial charge in [-0.15, -0.1) is 11.3 Å². The Balaban J connectivity index is 1.94. The third-order valence-corrected chi connectivity index (χ3v) is 6.81. The Labute approximate surface area is 206 Å². The Morgan fingerprint density at radius 2 is 2.03 bits per heavy atom. The minimum Gasteiger partial charge on any atom is -0.496 e. The van der Waals surface area contributed by atoms with Gasteiger partial charge in [-0.3, -0.25) is 9.36 Å². The maximum Gasteiger partial charge on any atom is 0.329 e. The van der Waals surface area contributed by atoms with Gasteiger partial charge in [-0.05, 0) is 39.3 Å². The molecule has 1 atom stereocenters. The zero-order valence-electron chi connectivity index (χ0n) is 20.1. The van der Waals surface area contributed by atoms with Crippen molar-refractivity contribution >= 4 is 27.5 Å². The number of rotatable bonds is 9. The molecule has 0 amide bonds. The topological polar surface area (TPSA) is 117 Å². The van der Waals surface area contributed by atoms with Crippen molar-refractivity contribution in [3.8, 4) is 16.6 Å². The van der Waals surface area contributed by atoms with Crippen molar-refractivity contribution in [2.45, 2.75) is 51.9 Å². The highest BCUT2D eigenvalue weighted by Gasteiger charge is 2.33. The lowest BCUT2D eigenvalue weighted by Crippen LogP contribution is -2.42. The van der Waals surface area contributed by atoms with Gasteiger partial charge in [-0.2, -0.15) is 0 Å². The molecule has 9 nitrogen and oxygen atoms in total. The van der Waals surface area contributed by atoms with E-state index in [9.17, 15) is 14.7 Å². The Kier molecular flexibility index (Phi) is 6.77. The van der Waals surface area contributed by atoms with E-state index in [0.29, 0.717) is 27.8 Å². The van der Waals surface area contributed by atoms with Gasteiger partial charge < -0.3 is 19.0 Å². The number of hydrogen-bond donors (Lipinski definition) is 1. The molecule has 4 rings (SSSR count). The Morgan fingerprint density at radius 3 is 2.66 bits per heavy atom. The molecule has 0 aliphatic rings. The molecule has 0 spiro atoms. The van der Waals surface area contributed by atoms with Crippen molar-refractivity contribution in [3.05, 3.63) is 64.4 Å². The number of nitrogens with zero attached hydrogens (tertiary/aromatic N) is 3. The summed E-state index contributed by atoms with van der Waals surface area (Å²) in [7, 11) is 1.60. The van der Waals surface area contributed by atoms with Crippen molar-refractivity contribution in [1.82, 2.24) is 14.5 Å². The van der Waals surface area contributed by atoms with Crippen molar-refractivity contribution in [1.29, 1.82) is 0 Å². The predicted octanol–water partition coefficient (Wildman–Crippen LogP) is 4.65. The van der Waals surface area contributed by atoms with E-state index in [2.05, 4.69) is 9.97 Å². The van der Waals surface area contributed by atoms with Crippen LogP contribution < -0.4 is 10.3 Å². The van der Waals surface area contributed by atoms with Crippen molar-refractivity contribution in [2.75, 3.05) is 7.11 Å². The Morgan fingerprint density at radius 1 is 1.29 bits per heavy atom. The van der Waals surface area contributed by atoms with E-state index in [1.807, 2.05) is 38.1 Å². The highest BCUT2D eigenvalue weighted by molar-refractivity contribution is 7.21. The summed E-state index contributed by atoms with van der Waals surface area (Å²) in [6.07, 6.45) is 4.39. The average molecular weight is 498 g/mol. The van der Waals surface area contributed by atoms with Crippen LogP contribution in [0.1, 0.15) is 44.9 Å². The molecule has 0 unspecified atom stereocenters.